The van der Waals surface area contributed by atoms with E-state index < -0.39 is 0 Å². The number of ether oxygens (including phenoxy) is 1. The van der Waals surface area contributed by atoms with E-state index in [0.717, 1.165) is 36.5 Å². The third kappa shape index (κ3) is 5.92. The molecule has 4 nitrogen and oxygen atoms in total. The van der Waals surface area contributed by atoms with Crippen LogP contribution >= 0.6 is 35.7 Å². The molecule has 1 aliphatic heterocycles. The van der Waals surface area contributed by atoms with E-state index in [4.69, 9.17) is 4.74 Å². The average Bonchev–Trinajstić information content (AvgIpc) is 3.01. The number of aliphatic imine (C=N–C) groups is 1. The van der Waals surface area contributed by atoms with Crippen molar-refractivity contribution in [2.75, 3.05) is 26.5 Å². The van der Waals surface area contributed by atoms with Gasteiger partial charge in [0.15, 0.2) is 5.96 Å². The molecule has 0 radical (unpaired) electrons. The van der Waals surface area contributed by atoms with E-state index in [9.17, 15) is 4.39 Å². The predicted molar refractivity (Wildman–Crippen MR) is 101 cm³/mol. The van der Waals surface area contributed by atoms with Gasteiger partial charge in [-0.05, 0) is 42.9 Å². The zero-order chi connectivity index (χ0) is 15.1. The third-order valence-corrected chi connectivity index (χ3v) is 4.27. The van der Waals surface area contributed by atoms with E-state index >= 15 is 0 Å². The molecule has 0 bridgehead atoms. The highest BCUT2D eigenvalue weighted by Crippen LogP contribution is 2.21. The zero-order valence-electron chi connectivity index (χ0n) is 12.9. The SMILES string of the molecule is CN=C(NCc1cc(F)ccc1SC)NCC1CCCO1.I. The Kier molecular flexibility index (Phi) is 9.11. The maximum absolute atomic E-state index is 13.3. The lowest BCUT2D eigenvalue weighted by Gasteiger charge is -2.16. The van der Waals surface area contributed by atoms with Crippen molar-refractivity contribution in [3.05, 3.63) is 29.6 Å². The lowest BCUT2D eigenvalue weighted by atomic mass is 10.2. The average molecular weight is 439 g/mol. The second-order valence-electron chi connectivity index (χ2n) is 4.90. The summed E-state index contributed by atoms with van der Waals surface area (Å²) in [5.41, 5.74) is 0.933. The van der Waals surface area contributed by atoms with Crippen LogP contribution in [0.5, 0.6) is 0 Å². The Bertz CT molecular complexity index is 496. The number of hydrogen-bond acceptors (Lipinski definition) is 3. The molecule has 0 amide bonds. The van der Waals surface area contributed by atoms with Crippen LogP contribution in [-0.2, 0) is 11.3 Å². The Morgan fingerprint density at radius 2 is 2.27 bits per heavy atom. The third-order valence-electron chi connectivity index (χ3n) is 3.43. The Balaban J connectivity index is 0.00000242. The molecule has 0 aromatic heterocycles. The minimum atomic E-state index is -0.216. The van der Waals surface area contributed by atoms with Gasteiger partial charge in [0.2, 0.25) is 0 Å². The Labute approximate surface area is 152 Å². The van der Waals surface area contributed by atoms with Gasteiger partial charge in [0, 0.05) is 31.6 Å². The molecule has 1 aromatic rings. The molecule has 1 aromatic carbocycles. The van der Waals surface area contributed by atoms with Crippen LogP contribution in [0.2, 0.25) is 0 Å². The molecule has 0 spiro atoms. The van der Waals surface area contributed by atoms with Crippen molar-refractivity contribution in [3.63, 3.8) is 0 Å². The summed E-state index contributed by atoms with van der Waals surface area (Å²) in [6.45, 7) is 2.14. The van der Waals surface area contributed by atoms with Gasteiger partial charge in [0.1, 0.15) is 5.82 Å². The van der Waals surface area contributed by atoms with E-state index in [1.807, 2.05) is 6.26 Å². The van der Waals surface area contributed by atoms with Gasteiger partial charge >= 0.3 is 0 Å². The normalized spacial score (nSPS) is 18.0. The summed E-state index contributed by atoms with van der Waals surface area (Å²) in [7, 11) is 1.73. The number of nitrogens with zero attached hydrogens (tertiary/aromatic N) is 1. The molecule has 124 valence electrons. The summed E-state index contributed by atoms with van der Waals surface area (Å²) < 4.78 is 18.9. The fraction of sp³-hybridized carbons (Fsp3) is 0.533. The van der Waals surface area contributed by atoms with Gasteiger partial charge < -0.3 is 15.4 Å². The minimum Gasteiger partial charge on any atom is -0.376 e. The molecule has 2 N–H and O–H groups in total. The van der Waals surface area contributed by atoms with Gasteiger partial charge in [-0.2, -0.15) is 0 Å². The van der Waals surface area contributed by atoms with E-state index in [2.05, 4.69) is 15.6 Å². The van der Waals surface area contributed by atoms with Crippen LogP contribution in [-0.4, -0.2) is 38.5 Å². The Morgan fingerprint density at radius 1 is 1.45 bits per heavy atom. The fourth-order valence-corrected chi connectivity index (χ4v) is 2.90. The lowest BCUT2D eigenvalue weighted by molar-refractivity contribution is 0.114. The molecular weight excluding hydrogens is 416 g/mol. The smallest absolute Gasteiger partial charge is 0.191 e. The first-order valence-electron chi connectivity index (χ1n) is 7.11. The van der Waals surface area contributed by atoms with E-state index in [0.29, 0.717) is 12.5 Å². The number of rotatable bonds is 5. The molecule has 0 saturated carbocycles. The van der Waals surface area contributed by atoms with Crippen molar-refractivity contribution in [2.45, 2.75) is 30.4 Å². The van der Waals surface area contributed by atoms with Crippen LogP contribution < -0.4 is 10.6 Å². The number of nitrogens with one attached hydrogen (secondary N) is 2. The van der Waals surface area contributed by atoms with Gasteiger partial charge in [-0.1, -0.05) is 0 Å². The van der Waals surface area contributed by atoms with E-state index in [-0.39, 0.29) is 35.9 Å². The molecule has 2 rings (SSSR count). The molecular formula is C15H23FIN3OS. The second-order valence-corrected chi connectivity index (χ2v) is 5.75. The number of thioether (sulfide) groups is 1. The van der Waals surface area contributed by atoms with Crippen molar-refractivity contribution >= 4 is 41.7 Å². The Hall–Kier alpha value is -0.540. The summed E-state index contributed by atoms with van der Waals surface area (Å²) in [6, 6.07) is 4.85. The number of benzene rings is 1. The van der Waals surface area contributed by atoms with Crippen molar-refractivity contribution in [3.8, 4) is 0 Å². The maximum atomic E-state index is 13.3. The fourth-order valence-electron chi connectivity index (χ4n) is 2.30. The van der Waals surface area contributed by atoms with Gasteiger partial charge in [0.25, 0.3) is 0 Å². The monoisotopic (exact) mass is 439 g/mol. The Morgan fingerprint density at radius 3 is 2.91 bits per heavy atom. The second kappa shape index (κ2) is 10.3. The van der Waals surface area contributed by atoms with Crippen LogP contribution in [0.1, 0.15) is 18.4 Å². The lowest BCUT2D eigenvalue weighted by Crippen LogP contribution is -2.40. The van der Waals surface area contributed by atoms with Gasteiger partial charge in [-0.3, -0.25) is 4.99 Å². The molecule has 0 aliphatic carbocycles. The van der Waals surface area contributed by atoms with Crippen molar-refractivity contribution < 1.29 is 9.13 Å². The van der Waals surface area contributed by atoms with Gasteiger partial charge in [-0.15, -0.1) is 35.7 Å². The largest absolute Gasteiger partial charge is 0.376 e. The molecule has 7 heteroatoms. The van der Waals surface area contributed by atoms with Crippen LogP contribution in [0.15, 0.2) is 28.1 Å². The zero-order valence-corrected chi connectivity index (χ0v) is 16.0. The minimum absolute atomic E-state index is 0. The summed E-state index contributed by atoms with van der Waals surface area (Å²) in [5, 5.41) is 6.46. The number of guanidine groups is 1. The summed E-state index contributed by atoms with van der Waals surface area (Å²) in [5.74, 6) is 0.494. The highest BCUT2D eigenvalue weighted by atomic mass is 127. The standard InChI is InChI=1S/C15H22FN3OS.HI/c1-17-15(19-10-13-4-3-7-20-13)18-9-11-8-12(16)5-6-14(11)21-2;/h5-6,8,13H,3-4,7,9-10H2,1-2H3,(H2,17,18,19);1H. The first-order chi connectivity index (χ1) is 10.2. The first-order valence-corrected chi connectivity index (χ1v) is 8.34. The highest BCUT2D eigenvalue weighted by molar-refractivity contribution is 14.0. The molecule has 22 heavy (non-hydrogen) atoms. The van der Waals surface area contributed by atoms with Gasteiger partial charge in [0.05, 0.1) is 6.10 Å². The van der Waals surface area contributed by atoms with Crippen molar-refractivity contribution in [2.24, 2.45) is 4.99 Å². The molecule has 1 saturated heterocycles. The summed E-state index contributed by atoms with van der Waals surface area (Å²) in [4.78, 5) is 5.25. The predicted octanol–water partition coefficient (Wildman–Crippen LogP) is 3.01. The first kappa shape index (κ1) is 19.5. The summed E-state index contributed by atoms with van der Waals surface area (Å²) >= 11 is 1.61. The van der Waals surface area contributed by atoms with Crippen molar-refractivity contribution in [1.82, 2.24) is 10.6 Å². The topological polar surface area (TPSA) is 45.7 Å². The summed E-state index contributed by atoms with van der Waals surface area (Å²) in [6.07, 6.45) is 4.46. The van der Waals surface area contributed by atoms with Crippen LogP contribution in [0.4, 0.5) is 4.39 Å². The van der Waals surface area contributed by atoms with Crippen molar-refractivity contribution in [1.29, 1.82) is 0 Å². The van der Waals surface area contributed by atoms with E-state index in [1.54, 1.807) is 30.9 Å². The van der Waals surface area contributed by atoms with Crippen LogP contribution in [0.25, 0.3) is 0 Å². The molecule has 1 unspecified atom stereocenters. The van der Waals surface area contributed by atoms with Crippen LogP contribution in [0.3, 0.4) is 0 Å². The number of hydrogen-bond donors (Lipinski definition) is 2. The quantitative estimate of drug-likeness (QED) is 0.321. The molecule has 1 aliphatic rings. The molecule has 1 heterocycles. The van der Waals surface area contributed by atoms with Gasteiger partial charge in [-0.25, -0.2) is 4.39 Å². The molecule has 1 fully saturated rings. The molecule has 1 atom stereocenters. The van der Waals surface area contributed by atoms with Crippen LogP contribution in [0, 0.1) is 5.82 Å². The maximum Gasteiger partial charge on any atom is 0.191 e. The highest BCUT2D eigenvalue weighted by Gasteiger charge is 2.15. The van der Waals surface area contributed by atoms with E-state index in [1.165, 1.54) is 6.07 Å². The number of halogens is 2.